The molecule has 0 aromatic carbocycles. The summed E-state index contributed by atoms with van der Waals surface area (Å²) in [5.41, 5.74) is 1.32. The van der Waals surface area contributed by atoms with Gasteiger partial charge in [-0.15, -0.1) is 0 Å². The molecule has 0 saturated heterocycles. The molecule has 1 heterocycles. The van der Waals surface area contributed by atoms with E-state index in [0.717, 1.165) is 25.0 Å². The maximum atomic E-state index is 8.99. The number of rotatable bonds is 7. The number of allylic oxidation sites excluding steroid dienone is 4. The Bertz CT molecular complexity index is 431. The third-order valence-electron chi connectivity index (χ3n) is 3.18. The number of aliphatic hydroxyl groups excluding tert-OH is 2. The lowest BCUT2D eigenvalue weighted by molar-refractivity contribution is 0.0990. The third kappa shape index (κ3) is 4.15. The van der Waals surface area contributed by atoms with Crippen LogP contribution in [0.1, 0.15) is 19.3 Å². The molecule has 0 fully saturated rings. The number of aliphatic hydroxyl groups is 2. The first kappa shape index (κ1) is 14.7. The van der Waals surface area contributed by atoms with E-state index in [-0.39, 0.29) is 13.2 Å². The predicted molar refractivity (Wildman–Crippen MR) is 75.2 cm³/mol. The number of nitrogens with zero attached hydrogens (tertiary/aromatic N) is 1. The summed E-state index contributed by atoms with van der Waals surface area (Å²) in [4.78, 5) is 1.73. The Morgan fingerprint density at radius 2 is 1.90 bits per heavy atom. The molecule has 5 heteroatoms. The van der Waals surface area contributed by atoms with Gasteiger partial charge in [-0.05, 0) is 12.8 Å². The van der Waals surface area contributed by atoms with Gasteiger partial charge in [-0.1, -0.05) is 23.8 Å². The molecule has 0 amide bonds. The van der Waals surface area contributed by atoms with Gasteiger partial charge >= 0.3 is 0 Å². The van der Waals surface area contributed by atoms with Gasteiger partial charge < -0.3 is 24.6 Å². The zero-order chi connectivity index (χ0) is 14.2. The molecule has 2 N–H and O–H groups in total. The van der Waals surface area contributed by atoms with Crippen LogP contribution in [0.25, 0.3) is 0 Å². The van der Waals surface area contributed by atoms with Gasteiger partial charge in [0.15, 0.2) is 6.26 Å². The van der Waals surface area contributed by atoms with Crippen molar-refractivity contribution in [3.63, 3.8) is 0 Å². The van der Waals surface area contributed by atoms with Gasteiger partial charge in [-0.25, -0.2) is 0 Å². The van der Waals surface area contributed by atoms with Crippen LogP contribution >= 0.6 is 0 Å². The van der Waals surface area contributed by atoms with Crippen molar-refractivity contribution in [1.29, 1.82) is 0 Å². The molecule has 2 rings (SSSR count). The minimum absolute atomic E-state index is 0.00348. The van der Waals surface area contributed by atoms with Crippen LogP contribution in [0.5, 0.6) is 0 Å². The molecule has 0 aromatic heterocycles. The predicted octanol–water partition coefficient (Wildman–Crippen LogP) is 1.63. The molecule has 0 spiro atoms. The highest BCUT2D eigenvalue weighted by Crippen LogP contribution is 2.24. The molecule has 0 saturated carbocycles. The highest BCUT2D eigenvalue weighted by atomic mass is 16.6. The SMILES string of the molecule is OCCN(CCO)C1=COC(CC2=CC=CCC2)=CO1. The molecule has 1 aliphatic heterocycles. The first-order valence-corrected chi connectivity index (χ1v) is 6.87. The normalized spacial score (nSPS) is 17.6. The van der Waals surface area contributed by atoms with Gasteiger partial charge in [0, 0.05) is 19.5 Å². The standard InChI is InChI=1S/C15H21NO4/c17-8-6-16(7-9-18)15-12-19-14(11-20-15)10-13-4-2-1-3-5-13/h1-2,4,11-12,17-18H,3,5-10H2. The molecule has 1 aliphatic carbocycles. The lowest BCUT2D eigenvalue weighted by Crippen LogP contribution is -2.30. The second-order valence-electron chi connectivity index (χ2n) is 4.68. The van der Waals surface area contributed by atoms with Gasteiger partial charge in [0.2, 0.25) is 5.88 Å². The molecule has 20 heavy (non-hydrogen) atoms. The lowest BCUT2D eigenvalue weighted by Gasteiger charge is -2.26. The van der Waals surface area contributed by atoms with Crippen molar-refractivity contribution in [3.8, 4) is 0 Å². The van der Waals surface area contributed by atoms with Gasteiger partial charge in [0.1, 0.15) is 12.0 Å². The Kier molecular flexibility index (Phi) is 5.70. The van der Waals surface area contributed by atoms with Gasteiger partial charge in [0.25, 0.3) is 0 Å². The summed E-state index contributed by atoms with van der Waals surface area (Å²) in [5, 5.41) is 18.0. The summed E-state index contributed by atoms with van der Waals surface area (Å²) in [7, 11) is 0. The molecular weight excluding hydrogens is 258 g/mol. The van der Waals surface area contributed by atoms with E-state index < -0.39 is 0 Å². The summed E-state index contributed by atoms with van der Waals surface area (Å²) in [6, 6.07) is 0. The second-order valence-corrected chi connectivity index (χ2v) is 4.68. The van der Waals surface area contributed by atoms with E-state index in [1.54, 1.807) is 11.2 Å². The van der Waals surface area contributed by atoms with E-state index in [0.29, 0.717) is 19.0 Å². The number of ether oxygens (including phenoxy) is 2. The summed E-state index contributed by atoms with van der Waals surface area (Å²) < 4.78 is 11.1. The van der Waals surface area contributed by atoms with Crippen LogP contribution in [0.2, 0.25) is 0 Å². The Labute approximate surface area is 119 Å². The van der Waals surface area contributed by atoms with Crippen molar-refractivity contribution in [2.75, 3.05) is 26.3 Å². The maximum Gasteiger partial charge on any atom is 0.231 e. The van der Waals surface area contributed by atoms with Gasteiger partial charge in [-0.3, -0.25) is 0 Å². The van der Waals surface area contributed by atoms with Crippen LogP contribution in [0.3, 0.4) is 0 Å². The Morgan fingerprint density at radius 3 is 2.45 bits per heavy atom. The van der Waals surface area contributed by atoms with E-state index in [4.69, 9.17) is 19.7 Å². The van der Waals surface area contributed by atoms with Crippen LogP contribution in [0.4, 0.5) is 0 Å². The summed E-state index contributed by atoms with van der Waals surface area (Å²) in [6.45, 7) is 0.788. The Hall–Kier alpha value is -1.72. The topological polar surface area (TPSA) is 62.2 Å². The highest BCUT2D eigenvalue weighted by Gasteiger charge is 2.16. The van der Waals surface area contributed by atoms with Crippen molar-refractivity contribution in [3.05, 3.63) is 48.0 Å². The van der Waals surface area contributed by atoms with Crippen molar-refractivity contribution < 1.29 is 19.7 Å². The molecule has 110 valence electrons. The second kappa shape index (κ2) is 7.77. The molecule has 0 radical (unpaired) electrons. The van der Waals surface area contributed by atoms with Crippen LogP contribution in [0.15, 0.2) is 48.0 Å². The van der Waals surface area contributed by atoms with Gasteiger partial charge in [0.05, 0.1) is 13.2 Å². The fourth-order valence-corrected chi connectivity index (χ4v) is 2.14. The van der Waals surface area contributed by atoms with E-state index in [2.05, 4.69) is 18.2 Å². The van der Waals surface area contributed by atoms with E-state index in [9.17, 15) is 0 Å². The van der Waals surface area contributed by atoms with Crippen LogP contribution in [-0.2, 0) is 9.47 Å². The van der Waals surface area contributed by atoms with Crippen molar-refractivity contribution in [2.45, 2.75) is 19.3 Å². The summed E-state index contributed by atoms with van der Waals surface area (Å²) in [5.74, 6) is 1.28. The molecule has 0 aromatic rings. The molecule has 0 bridgehead atoms. The van der Waals surface area contributed by atoms with Crippen LogP contribution in [0, 0.1) is 0 Å². The fraction of sp³-hybridized carbons (Fsp3) is 0.467. The van der Waals surface area contributed by atoms with Crippen LogP contribution in [-0.4, -0.2) is 41.4 Å². The number of hydrogen-bond donors (Lipinski definition) is 2. The van der Waals surface area contributed by atoms with Crippen molar-refractivity contribution in [2.24, 2.45) is 0 Å². The average Bonchev–Trinajstić information content (AvgIpc) is 2.49. The monoisotopic (exact) mass is 279 g/mol. The molecule has 5 nitrogen and oxygen atoms in total. The zero-order valence-corrected chi connectivity index (χ0v) is 11.5. The summed E-state index contributed by atoms with van der Waals surface area (Å²) >= 11 is 0. The lowest BCUT2D eigenvalue weighted by atomic mass is 10.0. The minimum atomic E-state index is -0.00348. The average molecular weight is 279 g/mol. The van der Waals surface area contributed by atoms with Crippen LogP contribution < -0.4 is 0 Å². The zero-order valence-electron chi connectivity index (χ0n) is 11.5. The molecular formula is C15H21NO4. The number of hydrogen-bond acceptors (Lipinski definition) is 5. The molecule has 2 aliphatic rings. The minimum Gasteiger partial charge on any atom is -0.460 e. The van der Waals surface area contributed by atoms with E-state index in [1.807, 2.05) is 0 Å². The van der Waals surface area contributed by atoms with E-state index >= 15 is 0 Å². The van der Waals surface area contributed by atoms with E-state index in [1.165, 1.54) is 11.8 Å². The Morgan fingerprint density at radius 1 is 1.10 bits per heavy atom. The summed E-state index contributed by atoms with van der Waals surface area (Å²) in [6.07, 6.45) is 12.3. The van der Waals surface area contributed by atoms with Crippen molar-refractivity contribution in [1.82, 2.24) is 4.90 Å². The third-order valence-corrected chi connectivity index (χ3v) is 3.18. The smallest absolute Gasteiger partial charge is 0.231 e. The molecule has 0 atom stereocenters. The Balaban J connectivity index is 1.87. The van der Waals surface area contributed by atoms with Crippen molar-refractivity contribution >= 4 is 0 Å². The highest BCUT2D eigenvalue weighted by molar-refractivity contribution is 5.22. The fourth-order valence-electron chi connectivity index (χ4n) is 2.14. The van der Waals surface area contributed by atoms with Gasteiger partial charge in [-0.2, -0.15) is 0 Å². The first-order valence-electron chi connectivity index (χ1n) is 6.87. The quantitative estimate of drug-likeness (QED) is 0.741. The molecule has 0 unspecified atom stereocenters. The maximum absolute atomic E-state index is 8.99. The largest absolute Gasteiger partial charge is 0.460 e. The first-order chi connectivity index (χ1) is 9.83.